The minimum atomic E-state index is 0.0566. The summed E-state index contributed by atoms with van der Waals surface area (Å²) < 4.78 is 1.64. The molecule has 0 fully saturated rings. The molecular formula is C16H17N5O. The predicted molar refractivity (Wildman–Crippen MR) is 84.8 cm³/mol. The van der Waals surface area contributed by atoms with E-state index in [1.54, 1.807) is 4.57 Å². The first-order valence-corrected chi connectivity index (χ1v) is 6.96. The first-order valence-electron chi connectivity index (χ1n) is 6.96. The van der Waals surface area contributed by atoms with Gasteiger partial charge in [0.15, 0.2) is 0 Å². The second-order valence-electron chi connectivity index (χ2n) is 5.16. The Kier molecular flexibility index (Phi) is 3.50. The second kappa shape index (κ2) is 5.48. The van der Waals surface area contributed by atoms with E-state index in [0.29, 0.717) is 11.9 Å². The highest BCUT2D eigenvalue weighted by Gasteiger charge is 2.14. The molecule has 6 heteroatoms. The summed E-state index contributed by atoms with van der Waals surface area (Å²) in [4.78, 5) is 12.9. The molecule has 3 rings (SSSR count). The van der Waals surface area contributed by atoms with E-state index in [1.807, 2.05) is 51.1 Å². The van der Waals surface area contributed by atoms with Crippen molar-refractivity contribution < 1.29 is 5.11 Å². The molecule has 0 radical (unpaired) electrons. The van der Waals surface area contributed by atoms with E-state index in [-0.39, 0.29) is 5.88 Å². The van der Waals surface area contributed by atoms with Gasteiger partial charge in [-0.25, -0.2) is 19.5 Å². The Morgan fingerprint density at radius 1 is 1.05 bits per heavy atom. The highest BCUT2D eigenvalue weighted by Crippen LogP contribution is 2.26. The number of hydrogen-bond donors (Lipinski definition) is 2. The van der Waals surface area contributed by atoms with Crippen LogP contribution in [0.1, 0.15) is 17.0 Å². The van der Waals surface area contributed by atoms with E-state index >= 15 is 0 Å². The van der Waals surface area contributed by atoms with Crippen molar-refractivity contribution in [1.29, 1.82) is 0 Å². The number of aromatic hydroxyl groups is 1. The highest BCUT2D eigenvalue weighted by atomic mass is 16.3. The standard InChI is InChI=1S/C16H17N5O/c1-10-6-4-5-7-13(10)21-14(22)9-17-16(21)20-15-18-11(2)8-12(3)19-15/h4-9,22H,1-3H3,(H,17,18,19,20). The maximum absolute atomic E-state index is 10.1. The minimum absolute atomic E-state index is 0.0566. The lowest BCUT2D eigenvalue weighted by molar-refractivity contribution is 0.443. The van der Waals surface area contributed by atoms with Crippen LogP contribution in [0.15, 0.2) is 36.5 Å². The number of nitrogens with one attached hydrogen (secondary N) is 1. The third kappa shape index (κ3) is 2.63. The molecule has 3 aromatic rings. The zero-order valence-electron chi connectivity index (χ0n) is 12.7. The molecule has 112 valence electrons. The van der Waals surface area contributed by atoms with Gasteiger partial charge < -0.3 is 5.11 Å². The van der Waals surface area contributed by atoms with Gasteiger partial charge >= 0.3 is 0 Å². The van der Waals surface area contributed by atoms with Gasteiger partial charge in [-0.1, -0.05) is 18.2 Å². The summed E-state index contributed by atoms with van der Waals surface area (Å²) in [5, 5.41) is 13.2. The fourth-order valence-electron chi connectivity index (χ4n) is 2.36. The summed E-state index contributed by atoms with van der Waals surface area (Å²) in [6, 6.07) is 9.67. The first kappa shape index (κ1) is 14.1. The summed E-state index contributed by atoms with van der Waals surface area (Å²) in [7, 11) is 0. The molecule has 2 N–H and O–H groups in total. The molecular weight excluding hydrogens is 278 g/mol. The zero-order chi connectivity index (χ0) is 15.7. The third-order valence-corrected chi connectivity index (χ3v) is 3.31. The zero-order valence-corrected chi connectivity index (χ0v) is 12.7. The third-order valence-electron chi connectivity index (χ3n) is 3.31. The molecule has 0 bridgehead atoms. The normalized spacial score (nSPS) is 10.7. The Hall–Kier alpha value is -2.89. The molecule has 2 heterocycles. The largest absolute Gasteiger partial charge is 0.493 e. The number of aryl methyl sites for hydroxylation is 3. The fraction of sp³-hybridized carbons (Fsp3) is 0.188. The van der Waals surface area contributed by atoms with Gasteiger partial charge in [-0.2, -0.15) is 0 Å². The van der Waals surface area contributed by atoms with Crippen LogP contribution in [0.25, 0.3) is 5.69 Å². The van der Waals surface area contributed by atoms with Crippen LogP contribution >= 0.6 is 0 Å². The van der Waals surface area contributed by atoms with Crippen LogP contribution in [-0.4, -0.2) is 24.6 Å². The van der Waals surface area contributed by atoms with Crippen LogP contribution in [0, 0.1) is 20.8 Å². The summed E-state index contributed by atoms with van der Waals surface area (Å²) in [6.45, 7) is 5.79. The molecule has 0 spiro atoms. The summed E-state index contributed by atoms with van der Waals surface area (Å²) in [6.07, 6.45) is 1.40. The van der Waals surface area contributed by atoms with Gasteiger partial charge in [-0.05, 0) is 38.5 Å². The SMILES string of the molecule is Cc1cc(C)nc(Nc2ncc(O)n2-c2ccccc2C)n1. The van der Waals surface area contributed by atoms with E-state index < -0.39 is 0 Å². The van der Waals surface area contributed by atoms with Crippen LogP contribution in [0.2, 0.25) is 0 Å². The number of para-hydroxylation sites is 1. The Balaban J connectivity index is 2.04. The smallest absolute Gasteiger partial charge is 0.229 e. The molecule has 0 saturated heterocycles. The van der Waals surface area contributed by atoms with Crippen molar-refractivity contribution in [3.63, 3.8) is 0 Å². The van der Waals surface area contributed by atoms with Crippen molar-refractivity contribution in [3.05, 3.63) is 53.5 Å². The van der Waals surface area contributed by atoms with E-state index in [4.69, 9.17) is 0 Å². The molecule has 6 nitrogen and oxygen atoms in total. The van der Waals surface area contributed by atoms with E-state index in [9.17, 15) is 5.11 Å². The highest BCUT2D eigenvalue weighted by molar-refractivity contribution is 5.54. The van der Waals surface area contributed by atoms with Crippen molar-refractivity contribution in [2.24, 2.45) is 0 Å². The van der Waals surface area contributed by atoms with Gasteiger partial charge in [0.2, 0.25) is 17.8 Å². The number of nitrogens with zero attached hydrogens (tertiary/aromatic N) is 4. The van der Waals surface area contributed by atoms with Crippen LogP contribution in [0.3, 0.4) is 0 Å². The van der Waals surface area contributed by atoms with Crippen LogP contribution in [-0.2, 0) is 0 Å². The van der Waals surface area contributed by atoms with Gasteiger partial charge in [0.25, 0.3) is 0 Å². The topological polar surface area (TPSA) is 75.9 Å². The maximum atomic E-state index is 10.1. The van der Waals surface area contributed by atoms with Crippen molar-refractivity contribution in [3.8, 4) is 11.6 Å². The molecule has 1 aromatic carbocycles. The van der Waals surface area contributed by atoms with Crippen molar-refractivity contribution in [2.75, 3.05) is 5.32 Å². The Morgan fingerprint density at radius 2 is 1.73 bits per heavy atom. The molecule has 0 unspecified atom stereocenters. The molecule has 2 aromatic heterocycles. The quantitative estimate of drug-likeness (QED) is 0.776. The number of benzene rings is 1. The van der Waals surface area contributed by atoms with Gasteiger partial charge in [0.1, 0.15) is 0 Å². The minimum Gasteiger partial charge on any atom is -0.493 e. The Bertz CT molecular complexity index is 805. The number of aromatic nitrogens is 4. The summed E-state index contributed by atoms with van der Waals surface area (Å²) in [5.74, 6) is 0.982. The molecule has 22 heavy (non-hydrogen) atoms. The molecule has 0 saturated carbocycles. The van der Waals surface area contributed by atoms with Crippen LogP contribution in [0.5, 0.6) is 5.88 Å². The number of rotatable bonds is 3. The molecule has 0 atom stereocenters. The predicted octanol–water partition coefficient (Wildman–Crippen LogP) is 3.04. The average molecular weight is 295 g/mol. The van der Waals surface area contributed by atoms with Gasteiger partial charge in [0.05, 0.1) is 11.9 Å². The van der Waals surface area contributed by atoms with E-state index in [1.165, 1.54) is 6.20 Å². The molecule has 0 aliphatic carbocycles. The molecule has 0 aliphatic heterocycles. The van der Waals surface area contributed by atoms with Gasteiger partial charge in [0, 0.05) is 11.4 Å². The van der Waals surface area contributed by atoms with Crippen molar-refractivity contribution >= 4 is 11.9 Å². The van der Waals surface area contributed by atoms with Gasteiger partial charge in [-0.15, -0.1) is 0 Å². The van der Waals surface area contributed by atoms with Crippen LogP contribution in [0.4, 0.5) is 11.9 Å². The number of anilines is 2. The van der Waals surface area contributed by atoms with Gasteiger partial charge in [-0.3, -0.25) is 5.32 Å². The fourth-order valence-corrected chi connectivity index (χ4v) is 2.36. The van der Waals surface area contributed by atoms with Crippen LogP contribution < -0.4 is 5.32 Å². The Morgan fingerprint density at radius 3 is 2.41 bits per heavy atom. The first-order chi connectivity index (χ1) is 10.5. The number of hydrogen-bond acceptors (Lipinski definition) is 5. The molecule has 0 amide bonds. The summed E-state index contributed by atoms with van der Waals surface area (Å²) in [5.41, 5.74) is 3.62. The average Bonchev–Trinajstić information content (AvgIpc) is 2.79. The Labute approximate surface area is 128 Å². The summed E-state index contributed by atoms with van der Waals surface area (Å²) >= 11 is 0. The van der Waals surface area contributed by atoms with Crippen molar-refractivity contribution in [2.45, 2.75) is 20.8 Å². The maximum Gasteiger partial charge on any atom is 0.229 e. The lowest BCUT2D eigenvalue weighted by Gasteiger charge is -2.12. The molecule has 0 aliphatic rings. The van der Waals surface area contributed by atoms with E-state index in [0.717, 1.165) is 22.6 Å². The monoisotopic (exact) mass is 295 g/mol. The lowest BCUT2D eigenvalue weighted by atomic mass is 10.2. The lowest BCUT2D eigenvalue weighted by Crippen LogP contribution is -2.06. The van der Waals surface area contributed by atoms with Crippen molar-refractivity contribution in [1.82, 2.24) is 19.5 Å². The van der Waals surface area contributed by atoms with E-state index in [2.05, 4.69) is 20.3 Å². The number of imidazole rings is 1. The second-order valence-corrected chi connectivity index (χ2v) is 5.16.